The summed E-state index contributed by atoms with van der Waals surface area (Å²) in [4.78, 5) is 26.4. The molecular weight excluding hydrogens is 381 g/mol. The molecule has 0 aliphatic carbocycles. The molecule has 1 heterocycles. The van der Waals surface area contributed by atoms with Gasteiger partial charge < -0.3 is 14.6 Å². The zero-order chi connectivity index (χ0) is 20.5. The molecule has 3 aromatic rings. The molecule has 0 radical (unpaired) electrons. The Morgan fingerprint density at radius 3 is 2.64 bits per heavy atom. The lowest BCUT2D eigenvalue weighted by atomic mass is 10.2. The minimum atomic E-state index is -4.77. The van der Waals surface area contributed by atoms with Crippen molar-refractivity contribution in [3.05, 3.63) is 58.4 Å². The number of fused-ring (bicyclic) bond motifs is 1. The highest BCUT2D eigenvalue weighted by Gasteiger charge is 2.38. The number of nitro benzene ring substituents is 1. The van der Waals surface area contributed by atoms with Gasteiger partial charge in [-0.3, -0.25) is 14.9 Å². The summed E-state index contributed by atoms with van der Waals surface area (Å²) in [5.41, 5.74) is -0.403. The van der Waals surface area contributed by atoms with E-state index in [1.807, 2.05) is 0 Å². The Morgan fingerprint density at radius 2 is 2.00 bits per heavy atom. The summed E-state index contributed by atoms with van der Waals surface area (Å²) in [6, 6.07) is 9.58. The quantitative estimate of drug-likeness (QED) is 0.526. The van der Waals surface area contributed by atoms with Crippen molar-refractivity contribution in [3.63, 3.8) is 0 Å². The first-order valence-electron chi connectivity index (χ1n) is 7.85. The van der Waals surface area contributed by atoms with Gasteiger partial charge >= 0.3 is 6.18 Å². The molecule has 1 N–H and O–H groups in total. The third kappa shape index (κ3) is 3.72. The molecule has 0 saturated carbocycles. The topological polar surface area (TPSA) is 99.3 Å². The van der Waals surface area contributed by atoms with Crippen molar-refractivity contribution in [2.24, 2.45) is 0 Å². The number of para-hydroxylation sites is 2. The summed E-state index contributed by atoms with van der Waals surface area (Å²) < 4.78 is 45.5. The highest BCUT2D eigenvalue weighted by atomic mass is 19.4. The first-order chi connectivity index (χ1) is 13.2. The van der Waals surface area contributed by atoms with Crippen LogP contribution >= 0.6 is 0 Å². The molecule has 1 amide bonds. The van der Waals surface area contributed by atoms with Gasteiger partial charge in [0.15, 0.2) is 0 Å². The molecule has 146 valence electrons. The van der Waals surface area contributed by atoms with Crippen molar-refractivity contribution in [2.75, 3.05) is 12.4 Å². The smallest absolute Gasteiger partial charge is 0.449 e. The molecule has 8 nitrogen and oxygen atoms in total. The van der Waals surface area contributed by atoms with Gasteiger partial charge in [-0.2, -0.15) is 13.2 Å². The first-order valence-corrected chi connectivity index (χ1v) is 7.85. The summed E-state index contributed by atoms with van der Waals surface area (Å²) in [5, 5.41) is 13.5. The fraction of sp³-hybridized carbons (Fsp3) is 0.176. The third-order valence-electron chi connectivity index (χ3n) is 3.89. The van der Waals surface area contributed by atoms with E-state index in [1.165, 1.54) is 43.5 Å². The molecule has 0 aliphatic heterocycles. The number of nitro groups is 1. The summed E-state index contributed by atoms with van der Waals surface area (Å²) in [6.45, 7) is -0.724. The molecule has 3 rings (SSSR count). The molecule has 28 heavy (non-hydrogen) atoms. The van der Waals surface area contributed by atoms with Crippen molar-refractivity contribution in [1.82, 2.24) is 9.55 Å². The number of methoxy groups -OCH3 is 1. The lowest BCUT2D eigenvalue weighted by Gasteiger charge is -2.12. The van der Waals surface area contributed by atoms with Crippen molar-refractivity contribution in [1.29, 1.82) is 0 Å². The fourth-order valence-corrected chi connectivity index (χ4v) is 2.68. The van der Waals surface area contributed by atoms with Crippen LogP contribution < -0.4 is 10.1 Å². The molecular formula is C17H13F3N4O4. The minimum absolute atomic E-state index is 0.0815. The average molecular weight is 394 g/mol. The van der Waals surface area contributed by atoms with E-state index in [0.29, 0.717) is 0 Å². The third-order valence-corrected chi connectivity index (χ3v) is 3.89. The average Bonchev–Trinajstić information content (AvgIpc) is 3.01. The second kappa shape index (κ2) is 7.18. The van der Waals surface area contributed by atoms with E-state index >= 15 is 0 Å². The molecule has 0 saturated heterocycles. The lowest BCUT2D eigenvalue weighted by molar-refractivity contribution is -0.384. The second-order valence-corrected chi connectivity index (χ2v) is 5.70. The van der Waals surface area contributed by atoms with Crippen LogP contribution in [-0.4, -0.2) is 27.5 Å². The van der Waals surface area contributed by atoms with Crippen LogP contribution in [0.5, 0.6) is 5.75 Å². The van der Waals surface area contributed by atoms with Gasteiger partial charge in [-0.05, 0) is 24.3 Å². The molecule has 1 aromatic heterocycles. The van der Waals surface area contributed by atoms with E-state index in [4.69, 9.17) is 4.74 Å². The standard InChI is InChI=1S/C17H13F3N4O4/c1-28-10-6-7-12(14(8-10)24(26)27)21-15(25)9-23-13-5-3-2-4-11(13)22-16(23)17(18,19)20/h2-8H,9H2,1H3,(H,21,25). The molecule has 0 aliphatic rings. The number of hydrogen-bond donors (Lipinski definition) is 1. The Balaban J connectivity index is 1.94. The largest absolute Gasteiger partial charge is 0.496 e. The summed E-state index contributed by atoms with van der Waals surface area (Å²) in [5.74, 6) is -1.90. The SMILES string of the molecule is COc1ccc(NC(=O)Cn2c(C(F)(F)F)nc3ccccc32)c([N+](=O)[O-])c1. The summed E-state index contributed by atoms with van der Waals surface area (Å²) in [6.07, 6.45) is -4.77. The van der Waals surface area contributed by atoms with Gasteiger partial charge in [-0.1, -0.05) is 12.1 Å². The zero-order valence-electron chi connectivity index (χ0n) is 14.4. The number of nitrogens with zero attached hydrogens (tertiary/aromatic N) is 3. The van der Waals surface area contributed by atoms with Gasteiger partial charge in [0.2, 0.25) is 11.7 Å². The highest BCUT2D eigenvalue weighted by molar-refractivity contribution is 5.94. The maximum Gasteiger partial charge on any atom is 0.449 e. The summed E-state index contributed by atoms with van der Waals surface area (Å²) in [7, 11) is 1.32. The van der Waals surface area contributed by atoms with Crippen LogP contribution in [0.25, 0.3) is 11.0 Å². The Labute approximate surface area is 155 Å². The Morgan fingerprint density at radius 1 is 1.29 bits per heavy atom. The molecule has 0 fully saturated rings. The van der Waals surface area contributed by atoms with Gasteiger partial charge in [-0.15, -0.1) is 0 Å². The Kier molecular flexibility index (Phi) is 4.91. The van der Waals surface area contributed by atoms with Crippen LogP contribution in [0, 0.1) is 10.1 Å². The van der Waals surface area contributed by atoms with E-state index in [-0.39, 0.29) is 22.5 Å². The number of aromatic nitrogens is 2. The number of amides is 1. The second-order valence-electron chi connectivity index (χ2n) is 5.70. The molecule has 11 heteroatoms. The van der Waals surface area contributed by atoms with Crippen LogP contribution in [0.2, 0.25) is 0 Å². The van der Waals surface area contributed by atoms with Gasteiger partial charge in [0.1, 0.15) is 18.0 Å². The van der Waals surface area contributed by atoms with Crippen LogP contribution in [0.1, 0.15) is 5.82 Å². The van der Waals surface area contributed by atoms with E-state index in [9.17, 15) is 28.1 Å². The number of ether oxygens (including phenoxy) is 1. The first kappa shape index (κ1) is 19.1. The van der Waals surface area contributed by atoms with E-state index < -0.39 is 35.1 Å². The van der Waals surface area contributed by atoms with Gasteiger partial charge in [-0.25, -0.2) is 4.98 Å². The van der Waals surface area contributed by atoms with Crippen molar-refractivity contribution < 1.29 is 27.6 Å². The molecule has 2 aromatic carbocycles. The normalized spacial score (nSPS) is 11.4. The number of halogens is 3. The number of carbonyl (C=O) groups is 1. The van der Waals surface area contributed by atoms with Crippen LogP contribution in [0.3, 0.4) is 0 Å². The number of alkyl halides is 3. The van der Waals surface area contributed by atoms with Gasteiger partial charge in [0.25, 0.3) is 5.69 Å². The fourth-order valence-electron chi connectivity index (χ4n) is 2.68. The molecule has 0 bridgehead atoms. The highest BCUT2D eigenvalue weighted by Crippen LogP contribution is 2.32. The van der Waals surface area contributed by atoms with Crippen LogP contribution in [0.4, 0.5) is 24.5 Å². The monoisotopic (exact) mass is 394 g/mol. The van der Waals surface area contributed by atoms with Gasteiger partial charge in [0, 0.05) is 0 Å². The van der Waals surface area contributed by atoms with Crippen LogP contribution in [-0.2, 0) is 17.5 Å². The van der Waals surface area contributed by atoms with Gasteiger partial charge in [0.05, 0.1) is 29.1 Å². The molecule has 0 spiro atoms. The maximum atomic E-state index is 13.3. The van der Waals surface area contributed by atoms with E-state index in [1.54, 1.807) is 0 Å². The molecule has 0 unspecified atom stereocenters. The van der Waals surface area contributed by atoms with Crippen LogP contribution in [0.15, 0.2) is 42.5 Å². The number of anilines is 1. The Hall–Kier alpha value is -3.63. The number of hydrogen-bond acceptors (Lipinski definition) is 5. The van der Waals surface area contributed by atoms with E-state index in [2.05, 4.69) is 10.3 Å². The van der Waals surface area contributed by atoms with Crippen molar-refractivity contribution in [3.8, 4) is 5.75 Å². The number of rotatable bonds is 5. The van der Waals surface area contributed by atoms with Crippen molar-refractivity contribution >= 4 is 28.3 Å². The molecule has 0 atom stereocenters. The lowest BCUT2D eigenvalue weighted by Crippen LogP contribution is -2.23. The predicted molar refractivity (Wildman–Crippen MR) is 93.0 cm³/mol. The van der Waals surface area contributed by atoms with E-state index in [0.717, 1.165) is 10.6 Å². The minimum Gasteiger partial charge on any atom is -0.496 e. The number of nitrogens with one attached hydrogen (secondary N) is 1. The summed E-state index contributed by atoms with van der Waals surface area (Å²) >= 11 is 0. The number of imidazole rings is 1. The number of carbonyl (C=O) groups excluding carboxylic acids is 1. The van der Waals surface area contributed by atoms with Crippen molar-refractivity contribution in [2.45, 2.75) is 12.7 Å². The maximum absolute atomic E-state index is 13.3. The zero-order valence-corrected chi connectivity index (χ0v) is 14.4. The predicted octanol–water partition coefficient (Wildman–Crippen LogP) is 3.61. The Bertz CT molecular complexity index is 1060. The number of benzene rings is 2.